The highest BCUT2D eigenvalue weighted by Gasteiger charge is 2.55. The molecule has 28 heavy (non-hydrogen) atoms. The number of β-lactam (4-membered cyclic amide) rings is 1. The molecule has 6 heteroatoms. The van der Waals surface area contributed by atoms with E-state index in [0.29, 0.717) is 12.1 Å². The second-order valence-corrected chi connectivity index (χ2v) is 13.4. The molecule has 144 valence electrons. The van der Waals surface area contributed by atoms with Crippen molar-refractivity contribution in [3.8, 4) is 0 Å². The highest BCUT2D eigenvalue weighted by molar-refractivity contribution is 8.03. The van der Waals surface area contributed by atoms with Gasteiger partial charge < -0.3 is 4.43 Å². The second kappa shape index (κ2) is 6.94. The first-order valence-corrected chi connectivity index (χ1v) is 12.2. The molecule has 1 fully saturated rings. The molecule has 0 bridgehead atoms. The van der Waals surface area contributed by atoms with Crippen LogP contribution in [0.3, 0.4) is 0 Å². The minimum absolute atomic E-state index is 0.0133. The van der Waals surface area contributed by atoms with Crippen molar-refractivity contribution in [2.75, 3.05) is 0 Å². The van der Waals surface area contributed by atoms with Gasteiger partial charge in [-0.2, -0.15) is 0 Å². The lowest BCUT2D eigenvalue weighted by atomic mass is 10.2. The van der Waals surface area contributed by atoms with Crippen molar-refractivity contribution >= 4 is 42.3 Å². The van der Waals surface area contributed by atoms with Crippen LogP contribution in [0, 0.1) is 0 Å². The Morgan fingerprint density at radius 1 is 1.04 bits per heavy atom. The highest BCUT2D eigenvalue weighted by Crippen LogP contribution is 2.43. The summed E-state index contributed by atoms with van der Waals surface area (Å²) in [6.07, 6.45) is 0.483. The van der Waals surface area contributed by atoms with Gasteiger partial charge in [-0.1, -0.05) is 81.4 Å². The largest absolute Gasteiger partial charge is 0.505 e. The molecule has 1 atom stereocenters. The molecule has 0 N–H and O–H groups in total. The molecule has 0 aliphatic carbocycles. The number of nitrogens with zero attached hydrogens (tertiary/aromatic N) is 1. The average molecular weight is 410 g/mol. The first kappa shape index (κ1) is 19.0. The van der Waals surface area contributed by atoms with Crippen LogP contribution in [0.1, 0.15) is 27.2 Å². The summed E-state index contributed by atoms with van der Waals surface area (Å²) in [5.74, 6) is -0.419. The predicted molar refractivity (Wildman–Crippen MR) is 115 cm³/mol. The third-order valence-corrected chi connectivity index (χ3v) is 11.3. The number of carbonyl (C=O) groups excluding carboxylic acids is 2. The third kappa shape index (κ3) is 2.91. The summed E-state index contributed by atoms with van der Waals surface area (Å²) in [4.78, 5) is 26.9. The Balaban J connectivity index is 1.81. The summed E-state index contributed by atoms with van der Waals surface area (Å²) in [6.45, 7) is 6.38. The predicted octanol–water partition coefficient (Wildman–Crippen LogP) is 3.24. The van der Waals surface area contributed by atoms with Crippen LogP contribution in [0.5, 0.6) is 0 Å². The quantitative estimate of drug-likeness (QED) is 0.575. The van der Waals surface area contributed by atoms with Gasteiger partial charge in [-0.25, -0.2) is 4.79 Å². The van der Waals surface area contributed by atoms with Gasteiger partial charge >= 0.3 is 14.3 Å². The SMILES string of the molecule is CC(C)(C)[Si](OC(=O)C1=CS[C@@H]2CC(=O)N12)(c1ccccc1)c1ccccc1. The number of hydrogen-bond acceptors (Lipinski definition) is 4. The zero-order chi connectivity index (χ0) is 19.9. The van der Waals surface area contributed by atoms with Crippen LogP contribution in [0.4, 0.5) is 0 Å². The molecule has 1 saturated heterocycles. The normalized spacial score (nSPS) is 19.0. The molecule has 0 radical (unpaired) electrons. The van der Waals surface area contributed by atoms with Gasteiger partial charge in [-0.15, -0.1) is 11.8 Å². The maximum Gasteiger partial charge on any atom is 0.342 e. The molecule has 4 nitrogen and oxygen atoms in total. The first-order valence-electron chi connectivity index (χ1n) is 9.37. The number of rotatable bonds is 4. The van der Waals surface area contributed by atoms with Gasteiger partial charge in [0.25, 0.3) is 0 Å². The standard InChI is InChI=1S/C22H23NO3SSi/c1-22(2,3)28(16-10-6-4-7-11-16,17-12-8-5-9-13-17)26-21(25)18-15-27-20-14-19(24)23(18)20/h4-13,15,20H,14H2,1-3H3/t20-/m1/s1. The van der Waals surface area contributed by atoms with E-state index >= 15 is 0 Å². The molecule has 4 rings (SSSR count). The van der Waals surface area contributed by atoms with E-state index in [1.165, 1.54) is 11.8 Å². The summed E-state index contributed by atoms with van der Waals surface area (Å²) in [6, 6.07) is 20.1. The van der Waals surface area contributed by atoms with Crippen LogP contribution in [0.25, 0.3) is 0 Å². The summed E-state index contributed by atoms with van der Waals surface area (Å²) in [7, 11) is -2.97. The Hall–Kier alpha value is -2.31. The van der Waals surface area contributed by atoms with Gasteiger partial charge in [0, 0.05) is 5.41 Å². The van der Waals surface area contributed by atoms with E-state index in [1.807, 2.05) is 60.7 Å². The topological polar surface area (TPSA) is 46.6 Å². The molecular formula is C22H23NO3SSi. The fourth-order valence-corrected chi connectivity index (χ4v) is 9.37. The van der Waals surface area contributed by atoms with Crippen molar-refractivity contribution in [2.24, 2.45) is 0 Å². The Morgan fingerprint density at radius 3 is 2.04 bits per heavy atom. The van der Waals surface area contributed by atoms with Crippen LogP contribution in [0.15, 0.2) is 71.8 Å². The average Bonchev–Trinajstić information content (AvgIpc) is 3.03. The molecule has 2 aliphatic rings. The smallest absolute Gasteiger partial charge is 0.342 e. The number of carbonyl (C=O) groups is 2. The molecule has 2 aromatic carbocycles. The fourth-order valence-electron chi connectivity index (χ4n) is 3.97. The lowest BCUT2D eigenvalue weighted by Crippen LogP contribution is -2.67. The first-order chi connectivity index (χ1) is 13.3. The lowest BCUT2D eigenvalue weighted by Gasteiger charge is -2.43. The third-order valence-electron chi connectivity index (χ3n) is 5.37. The Kier molecular flexibility index (Phi) is 4.71. The number of benzene rings is 2. The monoisotopic (exact) mass is 409 g/mol. The van der Waals surface area contributed by atoms with Crippen LogP contribution in [0.2, 0.25) is 5.04 Å². The molecular weight excluding hydrogens is 386 g/mol. The van der Waals surface area contributed by atoms with Crippen LogP contribution < -0.4 is 10.4 Å². The summed E-state index contributed by atoms with van der Waals surface area (Å²) < 4.78 is 6.48. The van der Waals surface area contributed by atoms with Crippen LogP contribution in [-0.4, -0.2) is 30.5 Å². The fraction of sp³-hybridized carbons (Fsp3) is 0.273. The van der Waals surface area contributed by atoms with Gasteiger partial charge in [0.05, 0.1) is 11.8 Å². The lowest BCUT2D eigenvalue weighted by molar-refractivity contribution is -0.144. The molecule has 0 saturated carbocycles. The number of amides is 1. The molecule has 0 spiro atoms. The molecule has 2 heterocycles. The molecule has 2 aliphatic heterocycles. The molecule has 0 unspecified atom stereocenters. The maximum atomic E-state index is 13.3. The highest BCUT2D eigenvalue weighted by atomic mass is 32.2. The van der Waals surface area contributed by atoms with E-state index in [4.69, 9.17) is 4.43 Å². The molecule has 0 aromatic heterocycles. The van der Waals surface area contributed by atoms with Crippen molar-refractivity contribution in [1.82, 2.24) is 4.90 Å². The Morgan fingerprint density at radius 2 is 1.57 bits per heavy atom. The van der Waals surface area contributed by atoms with E-state index in [1.54, 1.807) is 10.3 Å². The van der Waals surface area contributed by atoms with Gasteiger partial charge in [0.15, 0.2) is 0 Å². The Bertz CT molecular complexity index is 898. The zero-order valence-corrected chi connectivity index (χ0v) is 18.0. The van der Waals surface area contributed by atoms with E-state index in [0.717, 1.165) is 10.4 Å². The second-order valence-electron chi connectivity index (χ2n) is 8.11. The van der Waals surface area contributed by atoms with Crippen molar-refractivity contribution < 1.29 is 14.0 Å². The van der Waals surface area contributed by atoms with Crippen LogP contribution in [-0.2, 0) is 14.0 Å². The van der Waals surface area contributed by atoms with Gasteiger partial charge in [-0.3, -0.25) is 9.69 Å². The molecule has 2 aromatic rings. The number of fused-ring (bicyclic) bond motifs is 1. The maximum absolute atomic E-state index is 13.3. The zero-order valence-electron chi connectivity index (χ0n) is 16.2. The summed E-state index contributed by atoms with van der Waals surface area (Å²) in [5, 5.41) is 3.61. The summed E-state index contributed by atoms with van der Waals surface area (Å²) >= 11 is 1.52. The van der Waals surface area contributed by atoms with E-state index in [-0.39, 0.29) is 16.3 Å². The minimum Gasteiger partial charge on any atom is -0.505 e. The van der Waals surface area contributed by atoms with Crippen molar-refractivity contribution in [3.05, 3.63) is 71.8 Å². The number of hydrogen-bond donors (Lipinski definition) is 0. The van der Waals surface area contributed by atoms with E-state index < -0.39 is 14.3 Å². The van der Waals surface area contributed by atoms with Gasteiger partial charge in [0.1, 0.15) is 5.70 Å². The van der Waals surface area contributed by atoms with Gasteiger partial charge in [0.2, 0.25) is 5.91 Å². The van der Waals surface area contributed by atoms with Gasteiger partial charge in [-0.05, 0) is 15.4 Å². The minimum atomic E-state index is -2.97. The van der Waals surface area contributed by atoms with E-state index in [9.17, 15) is 9.59 Å². The summed E-state index contributed by atoms with van der Waals surface area (Å²) in [5.41, 5.74) is 0.374. The van der Waals surface area contributed by atoms with Crippen LogP contribution >= 0.6 is 11.8 Å². The van der Waals surface area contributed by atoms with Crippen molar-refractivity contribution in [1.29, 1.82) is 0 Å². The Labute approximate surface area is 170 Å². The van der Waals surface area contributed by atoms with Crippen molar-refractivity contribution in [2.45, 2.75) is 37.6 Å². The van der Waals surface area contributed by atoms with Crippen molar-refractivity contribution in [3.63, 3.8) is 0 Å². The number of thioether (sulfide) groups is 1. The molecule has 1 amide bonds. The van der Waals surface area contributed by atoms with E-state index in [2.05, 4.69) is 20.8 Å².